The lowest BCUT2D eigenvalue weighted by Crippen LogP contribution is -2.52. The molecular weight excluding hydrogens is 593 g/mol. The summed E-state index contributed by atoms with van der Waals surface area (Å²) < 4.78 is 26.7. The number of aliphatic hydroxyl groups is 1. The predicted octanol–water partition coefficient (Wildman–Crippen LogP) is 2.90. The average molecular weight is 628 g/mol. The van der Waals surface area contributed by atoms with Crippen LogP contribution in [0.5, 0.6) is 11.5 Å². The molecule has 3 aromatic carbocycles. The summed E-state index contributed by atoms with van der Waals surface area (Å²) in [6.45, 7) is 2.57. The fraction of sp³-hybridized carbons (Fsp3) is 0.353. The summed E-state index contributed by atoms with van der Waals surface area (Å²) >= 11 is 0. The minimum atomic E-state index is -0.739. The van der Waals surface area contributed by atoms with Crippen molar-refractivity contribution < 1.29 is 33.4 Å². The minimum Gasteiger partial charge on any atom is -0.495 e. The number of piperidine rings is 1. The van der Waals surface area contributed by atoms with Gasteiger partial charge in [0.1, 0.15) is 36.0 Å². The first-order chi connectivity index (χ1) is 22.3. The SMILES string of the molecule is COc1cc(N2CCN([C@@H](CO)c3ccc(COc4cccc5c4CN([C@H]4CCC(=O)NC4=O)C5=O)c(F)c3)CC2)ccc1C#N. The molecule has 0 spiro atoms. The van der Waals surface area contributed by atoms with Crippen LogP contribution in [0.3, 0.4) is 0 Å². The van der Waals surface area contributed by atoms with Crippen LogP contribution in [0.1, 0.15) is 51.5 Å². The molecule has 3 amide bonds. The fourth-order valence-corrected chi connectivity index (χ4v) is 6.43. The summed E-state index contributed by atoms with van der Waals surface area (Å²) in [5, 5.41) is 21.8. The number of carbonyl (C=O) groups is 3. The van der Waals surface area contributed by atoms with Gasteiger partial charge in [-0.05, 0) is 42.3 Å². The molecule has 3 heterocycles. The molecule has 46 heavy (non-hydrogen) atoms. The van der Waals surface area contributed by atoms with Gasteiger partial charge in [0.25, 0.3) is 5.91 Å². The second-order valence-electron chi connectivity index (χ2n) is 11.5. The molecule has 0 bridgehead atoms. The molecule has 2 N–H and O–H groups in total. The summed E-state index contributed by atoms with van der Waals surface area (Å²) in [7, 11) is 1.54. The maximum atomic E-state index is 15.4. The smallest absolute Gasteiger partial charge is 0.255 e. The standard InChI is InChI=1S/C34H34FN5O6/c1-45-31-16-24(8-7-22(31)17-36)38-11-13-39(14-12-38)29(19-41)21-5-6-23(27(35)15-21)20-46-30-4-2-3-25-26(30)18-40(34(25)44)28-9-10-32(42)37-33(28)43/h2-8,15-16,28-29,41H,9-14,18-20H2,1H3,(H,37,42,43)/t28-,29-/m0/s1. The van der Waals surface area contributed by atoms with E-state index in [1.165, 1.54) is 18.1 Å². The van der Waals surface area contributed by atoms with E-state index in [1.807, 2.05) is 12.1 Å². The number of hydrogen-bond acceptors (Lipinski definition) is 9. The zero-order valence-corrected chi connectivity index (χ0v) is 25.4. The van der Waals surface area contributed by atoms with E-state index in [2.05, 4.69) is 21.2 Å². The molecule has 12 heteroatoms. The molecule has 2 saturated heterocycles. The fourth-order valence-electron chi connectivity index (χ4n) is 6.43. The Bertz CT molecular complexity index is 1720. The van der Waals surface area contributed by atoms with Crippen molar-refractivity contribution in [1.29, 1.82) is 5.26 Å². The number of hydrogen-bond donors (Lipinski definition) is 2. The van der Waals surface area contributed by atoms with Gasteiger partial charge in [-0.15, -0.1) is 0 Å². The van der Waals surface area contributed by atoms with Gasteiger partial charge in [0.15, 0.2) is 0 Å². The highest BCUT2D eigenvalue weighted by atomic mass is 19.1. The van der Waals surface area contributed by atoms with Gasteiger partial charge in [-0.2, -0.15) is 5.26 Å². The lowest BCUT2D eigenvalue weighted by molar-refractivity contribution is -0.136. The monoisotopic (exact) mass is 627 g/mol. The Morgan fingerprint density at radius 2 is 1.87 bits per heavy atom. The van der Waals surface area contributed by atoms with Gasteiger partial charge < -0.3 is 24.4 Å². The molecule has 0 radical (unpaired) electrons. The number of halogens is 1. The number of rotatable bonds is 9. The van der Waals surface area contributed by atoms with Gasteiger partial charge in [-0.25, -0.2) is 4.39 Å². The molecule has 3 aromatic rings. The third-order valence-electron chi connectivity index (χ3n) is 8.98. The van der Waals surface area contributed by atoms with E-state index in [4.69, 9.17) is 9.47 Å². The lowest BCUT2D eigenvalue weighted by Gasteiger charge is -2.40. The van der Waals surface area contributed by atoms with Crippen molar-refractivity contribution in [3.05, 3.63) is 88.2 Å². The number of nitrogens with zero attached hydrogens (tertiary/aromatic N) is 4. The molecule has 2 fully saturated rings. The molecule has 0 unspecified atom stereocenters. The quantitative estimate of drug-likeness (QED) is 0.344. The van der Waals surface area contributed by atoms with Crippen molar-refractivity contribution >= 4 is 23.4 Å². The highest BCUT2D eigenvalue weighted by Crippen LogP contribution is 2.34. The molecule has 11 nitrogen and oxygen atoms in total. The van der Waals surface area contributed by atoms with Gasteiger partial charge in [0.05, 0.1) is 31.9 Å². The molecule has 3 aliphatic heterocycles. The summed E-state index contributed by atoms with van der Waals surface area (Å²) in [5.41, 5.74) is 3.44. The summed E-state index contributed by atoms with van der Waals surface area (Å²) in [6, 6.07) is 16.4. The van der Waals surface area contributed by atoms with Gasteiger partial charge >= 0.3 is 0 Å². The van der Waals surface area contributed by atoms with Crippen molar-refractivity contribution in [1.82, 2.24) is 15.1 Å². The first-order valence-corrected chi connectivity index (χ1v) is 15.2. The highest BCUT2D eigenvalue weighted by Gasteiger charge is 2.40. The second kappa shape index (κ2) is 13.2. The Labute approximate surface area is 265 Å². The number of ether oxygens (including phenoxy) is 2. The van der Waals surface area contributed by atoms with Crippen molar-refractivity contribution in [2.24, 2.45) is 0 Å². The number of amides is 3. The molecule has 2 atom stereocenters. The number of nitrogens with one attached hydrogen (secondary N) is 1. The molecule has 0 aliphatic carbocycles. The summed E-state index contributed by atoms with van der Waals surface area (Å²) in [4.78, 5) is 42.8. The van der Waals surface area contributed by atoms with E-state index >= 15 is 4.39 Å². The number of methoxy groups -OCH3 is 1. The molecule has 3 aliphatic rings. The summed E-state index contributed by atoms with van der Waals surface area (Å²) in [5.74, 6) is -0.663. The highest BCUT2D eigenvalue weighted by molar-refractivity contribution is 6.05. The Kier molecular flexibility index (Phi) is 8.87. The van der Waals surface area contributed by atoms with Crippen LogP contribution in [0.4, 0.5) is 10.1 Å². The van der Waals surface area contributed by atoms with Gasteiger partial charge in [0, 0.05) is 61.0 Å². The number of carbonyl (C=O) groups excluding carboxylic acids is 3. The molecular formula is C34H34FN5O6. The largest absolute Gasteiger partial charge is 0.495 e. The topological polar surface area (TPSA) is 135 Å². The van der Waals surface area contributed by atoms with Gasteiger partial charge in [-0.1, -0.05) is 18.2 Å². The normalized spacial score (nSPS) is 19.0. The van der Waals surface area contributed by atoms with Crippen molar-refractivity contribution in [3.63, 3.8) is 0 Å². The third kappa shape index (κ3) is 5.99. The van der Waals surface area contributed by atoms with Crippen LogP contribution in [-0.2, 0) is 22.7 Å². The maximum Gasteiger partial charge on any atom is 0.255 e. The predicted molar refractivity (Wildman–Crippen MR) is 165 cm³/mol. The molecule has 0 aromatic heterocycles. The Balaban J connectivity index is 1.09. The molecule has 0 saturated carbocycles. The average Bonchev–Trinajstić information content (AvgIpc) is 3.41. The second-order valence-corrected chi connectivity index (χ2v) is 11.5. The zero-order chi connectivity index (χ0) is 32.4. The third-order valence-corrected chi connectivity index (χ3v) is 8.98. The number of fused-ring (bicyclic) bond motifs is 1. The minimum absolute atomic E-state index is 0.0777. The van der Waals surface area contributed by atoms with Crippen LogP contribution in [0.15, 0.2) is 54.6 Å². The zero-order valence-electron chi connectivity index (χ0n) is 25.4. The van der Waals surface area contributed by atoms with E-state index in [0.717, 1.165) is 5.69 Å². The number of piperazine rings is 1. The van der Waals surface area contributed by atoms with Crippen LogP contribution in [0.25, 0.3) is 0 Å². The summed E-state index contributed by atoms with van der Waals surface area (Å²) in [6.07, 6.45) is 0.422. The number of aliphatic hydroxyl groups excluding tert-OH is 1. The van der Waals surface area contributed by atoms with Gasteiger partial charge in [-0.3, -0.25) is 24.6 Å². The van der Waals surface area contributed by atoms with Crippen LogP contribution in [0, 0.1) is 17.1 Å². The number of anilines is 1. The van der Waals surface area contributed by atoms with E-state index in [0.29, 0.717) is 65.5 Å². The Morgan fingerprint density at radius 3 is 2.57 bits per heavy atom. The number of imide groups is 1. The van der Waals surface area contributed by atoms with E-state index < -0.39 is 17.8 Å². The first-order valence-electron chi connectivity index (χ1n) is 15.2. The Morgan fingerprint density at radius 1 is 1.07 bits per heavy atom. The first kappa shape index (κ1) is 31.0. The van der Waals surface area contributed by atoms with Crippen molar-refractivity contribution in [2.75, 3.05) is 44.8 Å². The van der Waals surface area contributed by atoms with Crippen molar-refractivity contribution in [2.45, 2.75) is 38.1 Å². The lowest BCUT2D eigenvalue weighted by atomic mass is 10.0. The van der Waals surface area contributed by atoms with Crippen LogP contribution in [-0.4, -0.2) is 78.6 Å². The van der Waals surface area contributed by atoms with E-state index in [9.17, 15) is 24.8 Å². The maximum absolute atomic E-state index is 15.4. The Hall–Kier alpha value is -4.99. The van der Waals surface area contributed by atoms with Crippen LogP contribution >= 0.6 is 0 Å². The van der Waals surface area contributed by atoms with Crippen LogP contribution in [0.2, 0.25) is 0 Å². The van der Waals surface area contributed by atoms with Crippen molar-refractivity contribution in [3.8, 4) is 17.6 Å². The molecule has 6 rings (SSSR count). The van der Waals surface area contributed by atoms with Crippen LogP contribution < -0.4 is 19.7 Å². The van der Waals surface area contributed by atoms with Gasteiger partial charge in [0.2, 0.25) is 11.8 Å². The number of nitriles is 1. The number of benzene rings is 3. The molecule has 238 valence electrons. The van der Waals surface area contributed by atoms with E-state index in [1.54, 1.807) is 36.4 Å². The van der Waals surface area contributed by atoms with E-state index in [-0.39, 0.29) is 50.5 Å².